The average Bonchev–Trinajstić information content (AvgIpc) is 3.09. The van der Waals surface area contributed by atoms with Crippen molar-refractivity contribution in [2.75, 3.05) is 13.1 Å². The highest BCUT2D eigenvalue weighted by Crippen LogP contribution is 2.43. The highest BCUT2D eigenvalue weighted by Gasteiger charge is 2.54. The summed E-state index contributed by atoms with van der Waals surface area (Å²) in [5, 5.41) is 0. The SMILES string of the molecule is CCCCN(CC)C(=O)C1(S(=O)(=O)c2cc(C)ccc2C)CCCC1. The van der Waals surface area contributed by atoms with Crippen molar-refractivity contribution in [2.24, 2.45) is 0 Å². The Morgan fingerprint density at radius 3 is 2.36 bits per heavy atom. The van der Waals surface area contributed by atoms with Gasteiger partial charge in [0.25, 0.3) is 0 Å². The number of rotatable bonds is 7. The molecule has 0 N–H and O–H groups in total. The number of nitrogens with zero attached hydrogens (tertiary/aromatic N) is 1. The van der Waals surface area contributed by atoms with Crippen LogP contribution in [-0.4, -0.2) is 37.1 Å². The zero-order valence-corrected chi connectivity index (χ0v) is 16.8. The molecule has 1 aliphatic carbocycles. The van der Waals surface area contributed by atoms with Gasteiger partial charge < -0.3 is 4.90 Å². The van der Waals surface area contributed by atoms with E-state index in [1.807, 2.05) is 32.9 Å². The second kappa shape index (κ2) is 7.90. The number of sulfone groups is 1. The van der Waals surface area contributed by atoms with Gasteiger partial charge in [-0.25, -0.2) is 8.42 Å². The fourth-order valence-corrected chi connectivity index (χ4v) is 6.23. The van der Waals surface area contributed by atoms with Gasteiger partial charge in [0, 0.05) is 13.1 Å². The summed E-state index contributed by atoms with van der Waals surface area (Å²) in [6.07, 6.45) is 4.34. The largest absolute Gasteiger partial charge is 0.342 e. The number of carbonyl (C=O) groups is 1. The third kappa shape index (κ3) is 3.62. The molecule has 25 heavy (non-hydrogen) atoms. The topological polar surface area (TPSA) is 54.5 Å². The molecule has 1 aromatic carbocycles. The minimum absolute atomic E-state index is 0.193. The fraction of sp³-hybridized carbons (Fsp3) is 0.650. The second-order valence-electron chi connectivity index (χ2n) is 7.21. The molecule has 2 rings (SSSR count). The minimum Gasteiger partial charge on any atom is -0.342 e. The maximum Gasteiger partial charge on any atom is 0.244 e. The molecular weight excluding hydrogens is 334 g/mol. The number of unbranched alkanes of at least 4 members (excludes halogenated alkanes) is 1. The third-order valence-electron chi connectivity index (χ3n) is 5.40. The van der Waals surface area contributed by atoms with Gasteiger partial charge in [0.15, 0.2) is 14.6 Å². The van der Waals surface area contributed by atoms with Crippen LogP contribution in [0.4, 0.5) is 0 Å². The first-order valence-electron chi connectivity index (χ1n) is 9.41. The number of hydrogen-bond acceptors (Lipinski definition) is 3. The molecule has 0 unspecified atom stereocenters. The summed E-state index contributed by atoms with van der Waals surface area (Å²) < 4.78 is 26.0. The lowest BCUT2D eigenvalue weighted by Crippen LogP contribution is -2.52. The first-order chi connectivity index (χ1) is 11.8. The summed E-state index contributed by atoms with van der Waals surface area (Å²) in [7, 11) is -3.72. The Hall–Kier alpha value is -1.36. The standard InChI is InChI=1S/C20H31NO3S/c1-5-7-14-21(6-2)19(22)20(12-8-9-13-20)25(23,24)18-15-16(3)10-11-17(18)4/h10-11,15H,5-9,12-14H2,1-4H3. The Kier molecular flexibility index (Phi) is 6.30. The van der Waals surface area contributed by atoms with Gasteiger partial charge in [0.05, 0.1) is 4.90 Å². The number of carbonyl (C=O) groups excluding carboxylic acids is 1. The fourth-order valence-electron chi connectivity index (χ4n) is 3.79. The lowest BCUT2D eigenvalue weighted by Gasteiger charge is -2.34. The second-order valence-corrected chi connectivity index (χ2v) is 9.44. The van der Waals surface area contributed by atoms with E-state index in [4.69, 9.17) is 0 Å². The maximum atomic E-state index is 13.6. The van der Waals surface area contributed by atoms with Crippen molar-refractivity contribution < 1.29 is 13.2 Å². The number of amides is 1. The van der Waals surface area contributed by atoms with Crippen LogP contribution in [0.15, 0.2) is 23.1 Å². The van der Waals surface area contributed by atoms with Gasteiger partial charge >= 0.3 is 0 Å². The third-order valence-corrected chi connectivity index (χ3v) is 8.03. The first kappa shape index (κ1) is 20.0. The van der Waals surface area contributed by atoms with Gasteiger partial charge in [0.2, 0.25) is 5.91 Å². The maximum absolute atomic E-state index is 13.6. The van der Waals surface area contributed by atoms with Gasteiger partial charge in [0.1, 0.15) is 0 Å². The molecule has 5 heteroatoms. The van der Waals surface area contributed by atoms with E-state index in [1.54, 1.807) is 11.0 Å². The number of benzene rings is 1. The Morgan fingerprint density at radius 2 is 1.80 bits per heavy atom. The summed E-state index contributed by atoms with van der Waals surface area (Å²) in [6, 6.07) is 5.47. The Bertz CT molecular complexity index is 718. The van der Waals surface area contributed by atoms with Crippen LogP contribution in [0.5, 0.6) is 0 Å². The van der Waals surface area contributed by atoms with E-state index in [9.17, 15) is 13.2 Å². The summed E-state index contributed by atoms with van der Waals surface area (Å²) in [5.41, 5.74) is 1.63. The monoisotopic (exact) mass is 365 g/mol. The highest BCUT2D eigenvalue weighted by molar-refractivity contribution is 7.93. The Morgan fingerprint density at radius 1 is 1.16 bits per heavy atom. The molecule has 0 atom stereocenters. The van der Waals surface area contributed by atoms with Crippen molar-refractivity contribution in [3.8, 4) is 0 Å². The molecule has 4 nitrogen and oxygen atoms in total. The lowest BCUT2D eigenvalue weighted by molar-refractivity contribution is -0.133. The molecule has 0 aliphatic heterocycles. The first-order valence-corrected chi connectivity index (χ1v) is 10.9. The van der Waals surface area contributed by atoms with Gasteiger partial charge in [-0.3, -0.25) is 4.79 Å². The van der Waals surface area contributed by atoms with Gasteiger partial charge in [-0.1, -0.05) is 38.3 Å². The van der Waals surface area contributed by atoms with Gasteiger partial charge in [-0.05, 0) is 57.2 Å². The molecule has 140 valence electrons. The summed E-state index contributed by atoms with van der Waals surface area (Å²) in [6.45, 7) is 8.91. The van der Waals surface area contributed by atoms with E-state index in [2.05, 4.69) is 6.92 Å². The highest BCUT2D eigenvalue weighted by atomic mass is 32.2. The minimum atomic E-state index is -3.72. The molecule has 1 amide bonds. The van der Waals surface area contributed by atoms with E-state index in [0.717, 1.165) is 36.8 Å². The molecule has 1 saturated carbocycles. The molecule has 0 saturated heterocycles. The summed E-state index contributed by atoms with van der Waals surface area (Å²) in [4.78, 5) is 15.4. The number of hydrogen-bond donors (Lipinski definition) is 0. The van der Waals surface area contributed by atoms with E-state index in [1.165, 1.54) is 0 Å². The molecule has 1 aromatic rings. The van der Waals surface area contributed by atoms with Crippen LogP contribution in [0.25, 0.3) is 0 Å². The van der Waals surface area contributed by atoms with Crippen molar-refractivity contribution in [2.45, 2.75) is 75.9 Å². The molecule has 0 bridgehead atoms. The zero-order chi connectivity index (χ0) is 18.7. The number of aryl methyl sites for hydroxylation is 2. The van der Waals surface area contributed by atoms with Crippen molar-refractivity contribution in [1.82, 2.24) is 4.90 Å². The van der Waals surface area contributed by atoms with E-state index < -0.39 is 14.6 Å². The average molecular weight is 366 g/mol. The Balaban J connectivity index is 2.51. The molecule has 0 spiro atoms. The van der Waals surface area contributed by atoms with Gasteiger partial charge in [-0.15, -0.1) is 0 Å². The van der Waals surface area contributed by atoms with E-state index in [-0.39, 0.29) is 5.91 Å². The van der Waals surface area contributed by atoms with Crippen LogP contribution >= 0.6 is 0 Å². The van der Waals surface area contributed by atoms with Crippen LogP contribution in [0.3, 0.4) is 0 Å². The van der Waals surface area contributed by atoms with E-state index >= 15 is 0 Å². The normalized spacial score (nSPS) is 16.8. The molecule has 1 fully saturated rings. The lowest BCUT2D eigenvalue weighted by atomic mass is 10.0. The zero-order valence-electron chi connectivity index (χ0n) is 16.0. The molecule has 0 radical (unpaired) electrons. The van der Waals surface area contributed by atoms with Crippen molar-refractivity contribution in [3.63, 3.8) is 0 Å². The molecule has 0 aromatic heterocycles. The van der Waals surface area contributed by atoms with Crippen LogP contribution < -0.4 is 0 Å². The van der Waals surface area contributed by atoms with Crippen molar-refractivity contribution >= 4 is 15.7 Å². The molecular formula is C20H31NO3S. The van der Waals surface area contributed by atoms with Crippen molar-refractivity contribution in [3.05, 3.63) is 29.3 Å². The summed E-state index contributed by atoms with van der Waals surface area (Å²) in [5.74, 6) is -0.193. The molecule has 1 aliphatic rings. The predicted molar refractivity (Wildman–Crippen MR) is 101 cm³/mol. The Labute approximate surface area is 152 Å². The smallest absolute Gasteiger partial charge is 0.244 e. The summed E-state index contributed by atoms with van der Waals surface area (Å²) >= 11 is 0. The van der Waals surface area contributed by atoms with Crippen LogP contribution in [-0.2, 0) is 14.6 Å². The quantitative estimate of drug-likeness (QED) is 0.733. The predicted octanol–water partition coefficient (Wildman–Crippen LogP) is 4.04. The molecule has 0 heterocycles. The van der Waals surface area contributed by atoms with Crippen LogP contribution in [0.1, 0.15) is 63.5 Å². The van der Waals surface area contributed by atoms with Crippen LogP contribution in [0, 0.1) is 13.8 Å². The van der Waals surface area contributed by atoms with Crippen LogP contribution in [0.2, 0.25) is 0 Å². The van der Waals surface area contributed by atoms with Gasteiger partial charge in [-0.2, -0.15) is 0 Å². The van der Waals surface area contributed by atoms with E-state index in [0.29, 0.717) is 30.8 Å². The van der Waals surface area contributed by atoms with Crippen molar-refractivity contribution in [1.29, 1.82) is 0 Å².